The van der Waals surface area contributed by atoms with Gasteiger partial charge in [-0.2, -0.15) is 8.42 Å². The van der Waals surface area contributed by atoms with E-state index in [4.69, 9.17) is 0 Å². The standard InChI is InChI=1S/C17H12N2O4S2/c20-24(21,14-10-9-12-5-1-2-6-13(12)11-14)18-17-15-7-3-4-8-16(15)25(22,23)19-17/h1-11H,(H,18,19). The smallest absolute Gasteiger partial charge is 0.262 e. The van der Waals surface area contributed by atoms with Crippen molar-refractivity contribution in [2.75, 3.05) is 0 Å². The molecule has 0 radical (unpaired) electrons. The van der Waals surface area contributed by atoms with E-state index >= 15 is 0 Å². The van der Waals surface area contributed by atoms with Crippen LogP contribution in [-0.4, -0.2) is 22.7 Å². The molecular weight excluding hydrogens is 360 g/mol. The molecule has 3 aromatic carbocycles. The third-order valence-corrected chi connectivity index (χ3v) is 6.57. The average Bonchev–Trinajstić information content (AvgIpc) is 2.85. The summed E-state index contributed by atoms with van der Waals surface area (Å²) in [7, 11) is -7.86. The Kier molecular flexibility index (Phi) is 3.41. The van der Waals surface area contributed by atoms with Gasteiger partial charge >= 0.3 is 0 Å². The van der Waals surface area contributed by atoms with Gasteiger partial charge in [-0.25, -0.2) is 8.42 Å². The van der Waals surface area contributed by atoms with Crippen LogP contribution >= 0.6 is 0 Å². The van der Waals surface area contributed by atoms with Crippen LogP contribution in [-0.2, 0) is 20.0 Å². The third kappa shape index (κ3) is 2.69. The average molecular weight is 372 g/mol. The number of nitrogens with zero attached hydrogens (tertiary/aromatic N) is 1. The molecule has 6 nitrogen and oxygen atoms in total. The Labute approximate surface area is 144 Å². The lowest BCUT2D eigenvalue weighted by atomic mass is 10.1. The van der Waals surface area contributed by atoms with Gasteiger partial charge in [0.25, 0.3) is 20.0 Å². The van der Waals surface area contributed by atoms with Crippen molar-refractivity contribution in [3.8, 4) is 0 Å². The van der Waals surface area contributed by atoms with Gasteiger partial charge in [0, 0.05) is 5.56 Å². The lowest BCUT2D eigenvalue weighted by Gasteiger charge is -2.09. The Balaban J connectivity index is 1.77. The number of amidine groups is 1. The number of hydrogen-bond donors (Lipinski definition) is 1. The predicted octanol–water partition coefficient (Wildman–Crippen LogP) is 2.27. The zero-order chi connectivity index (χ0) is 17.7. The van der Waals surface area contributed by atoms with Crippen LogP contribution in [0.4, 0.5) is 0 Å². The summed E-state index contributed by atoms with van der Waals surface area (Å²) in [5.41, 5.74) is 0.242. The zero-order valence-corrected chi connectivity index (χ0v) is 14.4. The summed E-state index contributed by atoms with van der Waals surface area (Å²) >= 11 is 0. The quantitative estimate of drug-likeness (QED) is 0.747. The van der Waals surface area contributed by atoms with Crippen molar-refractivity contribution in [2.24, 2.45) is 4.40 Å². The monoisotopic (exact) mass is 372 g/mol. The molecule has 126 valence electrons. The van der Waals surface area contributed by atoms with Crippen molar-refractivity contribution in [1.29, 1.82) is 0 Å². The third-order valence-electron chi connectivity index (χ3n) is 3.89. The molecule has 1 aliphatic rings. The molecule has 0 bridgehead atoms. The van der Waals surface area contributed by atoms with Crippen LogP contribution in [0.1, 0.15) is 5.56 Å². The summed E-state index contributed by atoms with van der Waals surface area (Å²) in [5.74, 6) is -0.191. The molecule has 0 saturated heterocycles. The highest BCUT2D eigenvalue weighted by molar-refractivity contribution is 7.91. The van der Waals surface area contributed by atoms with E-state index in [1.165, 1.54) is 24.3 Å². The zero-order valence-electron chi connectivity index (χ0n) is 12.7. The molecule has 4 rings (SSSR count). The predicted molar refractivity (Wildman–Crippen MR) is 94.4 cm³/mol. The SMILES string of the molecule is O=S1(=O)N=C(NS(=O)(=O)c2ccc3ccccc3c2)c2ccccc21. The molecule has 1 N–H and O–H groups in total. The van der Waals surface area contributed by atoms with Gasteiger partial charge in [-0.3, -0.25) is 4.72 Å². The Morgan fingerprint density at radius 1 is 0.840 bits per heavy atom. The van der Waals surface area contributed by atoms with E-state index in [1.54, 1.807) is 24.3 Å². The highest BCUT2D eigenvalue weighted by Gasteiger charge is 2.31. The number of benzene rings is 3. The molecule has 0 aromatic heterocycles. The molecule has 0 unspecified atom stereocenters. The van der Waals surface area contributed by atoms with Crippen LogP contribution in [0.5, 0.6) is 0 Å². The fourth-order valence-corrected chi connectivity index (χ4v) is 4.99. The first-order valence-corrected chi connectivity index (χ1v) is 10.3. The van der Waals surface area contributed by atoms with E-state index < -0.39 is 20.0 Å². The molecule has 0 amide bonds. The van der Waals surface area contributed by atoms with E-state index in [9.17, 15) is 16.8 Å². The van der Waals surface area contributed by atoms with Crippen molar-refractivity contribution in [3.05, 3.63) is 72.3 Å². The van der Waals surface area contributed by atoms with Gasteiger partial charge in [-0.15, -0.1) is 4.40 Å². The molecule has 0 saturated carbocycles. The van der Waals surface area contributed by atoms with Crippen molar-refractivity contribution in [3.63, 3.8) is 0 Å². The van der Waals surface area contributed by atoms with Gasteiger partial charge in [-0.1, -0.05) is 42.5 Å². The lowest BCUT2D eigenvalue weighted by molar-refractivity contribution is 0.592. The molecule has 0 spiro atoms. The Hall–Kier alpha value is -2.71. The molecule has 8 heteroatoms. The summed E-state index contributed by atoms with van der Waals surface area (Å²) in [6.07, 6.45) is 0. The van der Waals surface area contributed by atoms with Crippen LogP contribution in [0.25, 0.3) is 10.8 Å². The summed E-state index contributed by atoms with van der Waals surface area (Å²) in [4.78, 5) is 0.0295. The van der Waals surface area contributed by atoms with Crippen LogP contribution in [0.2, 0.25) is 0 Å². The van der Waals surface area contributed by atoms with E-state index in [0.29, 0.717) is 0 Å². The van der Waals surface area contributed by atoms with Crippen molar-refractivity contribution in [2.45, 2.75) is 9.79 Å². The summed E-state index contributed by atoms with van der Waals surface area (Å²) < 4.78 is 55.3. The maximum absolute atomic E-state index is 12.7. The largest absolute Gasteiger partial charge is 0.285 e. The van der Waals surface area contributed by atoms with E-state index in [-0.39, 0.29) is 21.2 Å². The number of nitrogens with one attached hydrogen (secondary N) is 1. The Morgan fingerprint density at radius 3 is 2.32 bits per heavy atom. The van der Waals surface area contributed by atoms with Crippen LogP contribution in [0, 0.1) is 0 Å². The van der Waals surface area contributed by atoms with Gasteiger partial charge < -0.3 is 0 Å². The van der Waals surface area contributed by atoms with Gasteiger partial charge in [0.2, 0.25) is 0 Å². The molecule has 1 aliphatic heterocycles. The van der Waals surface area contributed by atoms with Gasteiger partial charge in [0.1, 0.15) is 4.90 Å². The van der Waals surface area contributed by atoms with Crippen LogP contribution < -0.4 is 4.72 Å². The van der Waals surface area contributed by atoms with Crippen molar-refractivity contribution < 1.29 is 16.8 Å². The lowest BCUT2D eigenvalue weighted by Crippen LogP contribution is -2.30. The fraction of sp³-hybridized carbons (Fsp3) is 0. The topological polar surface area (TPSA) is 92.7 Å². The minimum absolute atomic E-state index is 0.00814. The highest BCUT2D eigenvalue weighted by Crippen LogP contribution is 2.26. The normalized spacial score (nSPS) is 15.6. The molecule has 0 aliphatic carbocycles. The molecule has 0 atom stereocenters. The Morgan fingerprint density at radius 2 is 1.52 bits per heavy atom. The number of rotatable bonds is 2. The van der Waals surface area contributed by atoms with Crippen molar-refractivity contribution in [1.82, 2.24) is 4.72 Å². The summed E-state index contributed by atoms with van der Waals surface area (Å²) in [6.45, 7) is 0. The molecular formula is C17H12N2O4S2. The van der Waals surface area contributed by atoms with Crippen LogP contribution in [0.15, 0.2) is 80.9 Å². The number of fused-ring (bicyclic) bond motifs is 2. The Bertz CT molecular complexity index is 1250. The summed E-state index contributed by atoms with van der Waals surface area (Å²) in [6, 6.07) is 18.2. The van der Waals surface area contributed by atoms with E-state index in [0.717, 1.165) is 10.8 Å². The summed E-state index contributed by atoms with van der Waals surface area (Å²) in [5, 5.41) is 1.68. The second-order valence-electron chi connectivity index (χ2n) is 5.53. The minimum atomic E-state index is -3.97. The van der Waals surface area contributed by atoms with E-state index in [1.807, 2.05) is 18.2 Å². The number of hydrogen-bond acceptors (Lipinski definition) is 4. The first-order valence-electron chi connectivity index (χ1n) is 7.33. The first kappa shape index (κ1) is 15.8. The fourth-order valence-electron chi connectivity index (χ4n) is 2.70. The van der Waals surface area contributed by atoms with Crippen molar-refractivity contribution >= 4 is 36.7 Å². The first-order chi connectivity index (χ1) is 11.9. The molecule has 1 heterocycles. The molecule has 0 fully saturated rings. The number of sulfonamides is 2. The highest BCUT2D eigenvalue weighted by atomic mass is 32.2. The van der Waals surface area contributed by atoms with Gasteiger partial charge in [0.05, 0.1) is 4.90 Å². The molecule has 3 aromatic rings. The molecule has 25 heavy (non-hydrogen) atoms. The second kappa shape index (κ2) is 5.40. The van der Waals surface area contributed by atoms with Gasteiger partial charge in [0.15, 0.2) is 5.84 Å². The van der Waals surface area contributed by atoms with Gasteiger partial charge in [-0.05, 0) is 35.0 Å². The minimum Gasteiger partial charge on any atom is -0.262 e. The second-order valence-corrected chi connectivity index (χ2v) is 8.78. The van der Waals surface area contributed by atoms with E-state index in [2.05, 4.69) is 9.12 Å². The maximum atomic E-state index is 12.7. The van der Waals surface area contributed by atoms with Crippen LogP contribution in [0.3, 0.4) is 0 Å². The maximum Gasteiger partial charge on any atom is 0.285 e.